The van der Waals surface area contributed by atoms with Gasteiger partial charge < -0.3 is 9.15 Å². The molecule has 2 heterocycles. The summed E-state index contributed by atoms with van der Waals surface area (Å²) in [6.07, 6.45) is 1.65. The number of pyridine rings is 1. The van der Waals surface area contributed by atoms with E-state index < -0.39 is 0 Å². The fraction of sp³-hybridized carbons (Fsp3) is 0.0769. The SMILES string of the molecule is COc1ccc(-c2nc3ncccc3o2)cc1N=[N+]=[N-]. The number of aromatic nitrogens is 2. The summed E-state index contributed by atoms with van der Waals surface area (Å²) in [5.41, 5.74) is 10.8. The van der Waals surface area contributed by atoms with Crippen LogP contribution in [0.1, 0.15) is 0 Å². The molecule has 7 heteroatoms. The summed E-state index contributed by atoms with van der Waals surface area (Å²) in [4.78, 5) is 11.2. The predicted molar refractivity (Wildman–Crippen MR) is 72.6 cm³/mol. The Morgan fingerprint density at radius 3 is 3.00 bits per heavy atom. The van der Waals surface area contributed by atoms with Crippen molar-refractivity contribution in [3.05, 3.63) is 47.0 Å². The molecular weight excluding hydrogens is 258 g/mol. The van der Waals surface area contributed by atoms with Crippen LogP contribution in [-0.2, 0) is 0 Å². The van der Waals surface area contributed by atoms with Gasteiger partial charge in [0.1, 0.15) is 5.75 Å². The van der Waals surface area contributed by atoms with Crippen LogP contribution in [0.25, 0.3) is 33.1 Å². The molecule has 0 saturated heterocycles. The largest absolute Gasteiger partial charge is 0.496 e. The molecular formula is C13H9N5O2. The van der Waals surface area contributed by atoms with Crippen LogP contribution in [0.5, 0.6) is 5.75 Å². The van der Waals surface area contributed by atoms with Crippen LogP contribution in [0.3, 0.4) is 0 Å². The summed E-state index contributed by atoms with van der Waals surface area (Å²) in [6.45, 7) is 0. The second-order valence-corrected chi connectivity index (χ2v) is 3.92. The molecule has 0 aliphatic carbocycles. The normalized spacial score (nSPS) is 10.2. The summed E-state index contributed by atoms with van der Waals surface area (Å²) < 4.78 is 10.7. The van der Waals surface area contributed by atoms with Gasteiger partial charge in [-0.1, -0.05) is 5.11 Å². The first kappa shape index (κ1) is 12.0. The van der Waals surface area contributed by atoms with E-state index in [0.29, 0.717) is 34.1 Å². The molecule has 0 radical (unpaired) electrons. The molecule has 0 aliphatic heterocycles. The van der Waals surface area contributed by atoms with E-state index in [2.05, 4.69) is 20.0 Å². The minimum absolute atomic E-state index is 0.378. The number of methoxy groups -OCH3 is 1. The van der Waals surface area contributed by atoms with Crippen molar-refractivity contribution in [1.29, 1.82) is 0 Å². The highest BCUT2D eigenvalue weighted by atomic mass is 16.5. The summed E-state index contributed by atoms with van der Waals surface area (Å²) in [6, 6.07) is 8.69. The molecule has 7 nitrogen and oxygen atoms in total. The topological polar surface area (TPSA) is 96.9 Å². The van der Waals surface area contributed by atoms with Gasteiger partial charge in [0, 0.05) is 16.7 Å². The standard InChI is InChI=1S/C13H9N5O2/c1-19-10-5-4-8(7-9(10)17-18-14)13-16-12-11(20-13)3-2-6-15-12/h2-7H,1H3. The molecule has 20 heavy (non-hydrogen) atoms. The first-order valence-electron chi connectivity index (χ1n) is 5.77. The number of hydrogen-bond acceptors (Lipinski definition) is 5. The number of ether oxygens (including phenoxy) is 1. The number of oxazole rings is 1. The first-order chi connectivity index (χ1) is 9.81. The van der Waals surface area contributed by atoms with Gasteiger partial charge in [0.2, 0.25) is 5.89 Å². The van der Waals surface area contributed by atoms with Gasteiger partial charge in [-0.2, -0.15) is 4.98 Å². The molecule has 1 aromatic carbocycles. The number of nitrogens with zero attached hydrogens (tertiary/aromatic N) is 5. The van der Waals surface area contributed by atoms with E-state index in [9.17, 15) is 0 Å². The predicted octanol–water partition coefficient (Wildman–Crippen LogP) is 3.84. The second-order valence-electron chi connectivity index (χ2n) is 3.92. The molecule has 3 aromatic rings. The monoisotopic (exact) mass is 267 g/mol. The number of rotatable bonds is 3. The highest BCUT2D eigenvalue weighted by molar-refractivity contribution is 5.73. The maximum atomic E-state index is 8.57. The van der Waals surface area contributed by atoms with Crippen LogP contribution in [0.4, 0.5) is 5.69 Å². The average Bonchev–Trinajstić information content (AvgIpc) is 2.91. The third-order valence-electron chi connectivity index (χ3n) is 2.74. The Kier molecular flexibility index (Phi) is 2.95. The quantitative estimate of drug-likeness (QED) is 0.409. The lowest BCUT2D eigenvalue weighted by Gasteiger charge is -2.04. The lowest BCUT2D eigenvalue weighted by Crippen LogP contribution is -1.84. The van der Waals surface area contributed by atoms with E-state index in [0.717, 1.165) is 0 Å². The molecule has 0 amide bonds. The van der Waals surface area contributed by atoms with E-state index in [-0.39, 0.29) is 0 Å². The zero-order valence-corrected chi connectivity index (χ0v) is 10.5. The first-order valence-corrected chi connectivity index (χ1v) is 5.77. The van der Waals surface area contributed by atoms with Crippen LogP contribution in [0.2, 0.25) is 0 Å². The van der Waals surface area contributed by atoms with E-state index in [1.807, 2.05) is 0 Å². The summed E-state index contributed by atoms with van der Waals surface area (Å²) in [5, 5.41) is 3.59. The molecule has 0 N–H and O–H groups in total. The fourth-order valence-corrected chi connectivity index (χ4v) is 1.84. The van der Waals surface area contributed by atoms with Gasteiger partial charge in [0.25, 0.3) is 0 Å². The molecule has 0 bridgehead atoms. The molecule has 98 valence electrons. The smallest absolute Gasteiger partial charge is 0.228 e. The Bertz CT molecular complexity index is 787. The fourth-order valence-electron chi connectivity index (χ4n) is 1.84. The third-order valence-corrected chi connectivity index (χ3v) is 2.74. The lowest BCUT2D eigenvalue weighted by atomic mass is 10.2. The average molecular weight is 267 g/mol. The van der Waals surface area contributed by atoms with Crippen molar-refractivity contribution in [3.8, 4) is 17.2 Å². The van der Waals surface area contributed by atoms with Crippen molar-refractivity contribution in [3.63, 3.8) is 0 Å². The molecule has 0 spiro atoms. The van der Waals surface area contributed by atoms with Gasteiger partial charge in [0.05, 0.1) is 12.8 Å². The maximum absolute atomic E-state index is 8.57. The van der Waals surface area contributed by atoms with E-state index in [1.54, 1.807) is 36.5 Å². The molecule has 0 fully saturated rings. The zero-order chi connectivity index (χ0) is 13.9. The number of azide groups is 1. The van der Waals surface area contributed by atoms with Crippen LogP contribution in [0, 0.1) is 0 Å². The van der Waals surface area contributed by atoms with Crippen molar-refractivity contribution in [2.24, 2.45) is 5.11 Å². The van der Waals surface area contributed by atoms with Crippen molar-refractivity contribution < 1.29 is 9.15 Å². The van der Waals surface area contributed by atoms with Gasteiger partial charge >= 0.3 is 0 Å². The second kappa shape index (κ2) is 4.91. The Morgan fingerprint density at radius 1 is 1.35 bits per heavy atom. The zero-order valence-electron chi connectivity index (χ0n) is 10.5. The van der Waals surface area contributed by atoms with Gasteiger partial charge in [-0.3, -0.25) is 0 Å². The van der Waals surface area contributed by atoms with Crippen LogP contribution < -0.4 is 4.74 Å². The van der Waals surface area contributed by atoms with Gasteiger partial charge in [0.15, 0.2) is 11.2 Å². The minimum atomic E-state index is 0.378. The van der Waals surface area contributed by atoms with Crippen LogP contribution >= 0.6 is 0 Å². The lowest BCUT2D eigenvalue weighted by molar-refractivity contribution is 0.416. The molecule has 0 atom stereocenters. The van der Waals surface area contributed by atoms with Crippen LogP contribution in [0.15, 0.2) is 46.1 Å². The Hall–Kier alpha value is -3.05. The highest BCUT2D eigenvalue weighted by Gasteiger charge is 2.11. The number of benzene rings is 1. The number of fused-ring (bicyclic) bond motifs is 1. The Morgan fingerprint density at radius 2 is 2.25 bits per heavy atom. The van der Waals surface area contributed by atoms with E-state index in [1.165, 1.54) is 7.11 Å². The van der Waals surface area contributed by atoms with Crippen LogP contribution in [-0.4, -0.2) is 17.1 Å². The highest BCUT2D eigenvalue weighted by Crippen LogP contribution is 2.33. The van der Waals surface area contributed by atoms with Crippen molar-refractivity contribution in [2.45, 2.75) is 0 Å². The summed E-state index contributed by atoms with van der Waals surface area (Å²) in [7, 11) is 1.51. The van der Waals surface area contributed by atoms with Gasteiger partial charge in [-0.05, 0) is 35.9 Å². The van der Waals surface area contributed by atoms with Gasteiger partial charge in [-0.15, -0.1) is 0 Å². The van der Waals surface area contributed by atoms with E-state index >= 15 is 0 Å². The summed E-state index contributed by atoms with van der Waals surface area (Å²) >= 11 is 0. The molecule has 0 unspecified atom stereocenters. The van der Waals surface area contributed by atoms with Crippen molar-refractivity contribution >= 4 is 16.9 Å². The third kappa shape index (κ3) is 2.02. The van der Waals surface area contributed by atoms with Crippen molar-refractivity contribution in [2.75, 3.05) is 7.11 Å². The van der Waals surface area contributed by atoms with E-state index in [4.69, 9.17) is 14.7 Å². The molecule has 2 aromatic heterocycles. The Balaban J connectivity index is 2.13. The van der Waals surface area contributed by atoms with Crippen molar-refractivity contribution in [1.82, 2.24) is 9.97 Å². The molecule has 3 rings (SSSR count). The summed E-state index contributed by atoms with van der Waals surface area (Å²) in [5.74, 6) is 0.900. The van der Waals surface area contributed by atoms with Gasteiger partial charge in [-0.25, -0.2) is 4.98 Å². The molecule has 0 saturated carbocycles. The number of hydrogen-bond donors (Lipinski definition) is 0. The Labute approximate surface area is 113 Å². The minimum Gasteiger partial charge on any atom is -0.496 e. The molecule has 0 aliphatic rings. The maximum Gasteiger partial charge on any atom is 0.228 e.